The smallest absolute Gasteiger partial charge is 0.414 e. The van der Waals surface area contributed by atoms with Crippen LogP contribution in [0.15, 0.2) is 54.0 Å². The Morgan fingerprint density at radius 3 is 3.03 bits per heavy atom. The number of carbonyl (C=O) groups excluding carboxylic acids is 1. The van der Waals surface area contributed by atoms with Gasteiger partial charge in [0.05, 0.1) is 40.1 Å². The second kappa shape index (κ2) is 8.03. The van der Waals surface area contributed by atoms with Crippen LogP contribution in [-0.4, -0.2) is 46.2 Å². The number of nitro groups is 1. The molecule has 0 bridgehead atoms. The molecular formula is C18H16FN7O4. The Kier molecular flexibility index (Phi) is 5.11. The molecule has 12 heteroatoms. The number of cyclic esters (lactones) is 1. The van der Waals surface area contributed by atoms with E-state index in [0.29, 0.717) is 11.4 Å². The highest BCUT2D eigenvalue weighted by molar-refractivity contribution is 5.90. The third-order valence-electron chi connectivity index (χ3n) is 4.45. The summed E-state index contributed by atoms with van der Waals surface area (Å²) in [4.78, 5) is 27.8. The van der Waals surface area contributed by atoms with Gasteiger partial charge in [-0.25, -0.2) is 9.18 Å². The second-order valence-corrected chi connectivity index (χ2v) is 6.42. The van der Waals surface area contributed by atoms with Crippen molar-refractivity contribution >= 4 is 29.0 Å². The van der Waals surface area contributed by atoms with Crippen molar-refractivity contribution in [2.75, 3.05) is 18.0 Å². The Balaban J connectivity index is 1.44. The third kappa shape index (κ3) is 3.97. The summed E-state index contributed by atoms with van der Waals surface area (Å²) in [5.41, 5.74) is 3.05. The Hall–Kier alpha value is -4.22. The van der Waals surface area contributed by atoms with Gasteiger partial charge in [0.25, 0.3) is 0 Å². The van der Waals surface area contributed by atoms with E-state index in [9.17, 15) is 19.3 Å². The minimum Gasteiger partial charge on any atom is -0.442 e. The molecule has 11 nitrogen and oxygen atoms in total. The molecule has 30 heavy (non-hydrogen) atoms. The van der Waals surface area contributed by atoms with Crippen molar-refractivity contribution in [3.63, 3.8) is 0 Å². The van der Waals surface area contributed by atoms with E-state index in [1.807, 2.05) is 6.07 Å². The van der Waals surface area contributed by atoms with Crippen LogP contribution in [0, 0.1) is 15.9 Å². The number of hydrogen-bond acceptors (Lipinski definition) is 6. The monoisotopic (exact) mass is 413 g/mol. The van der Waals surface area contributed by atoms with E-state index < -0.39 is 23.0 Å². The largest absolute Gasteiger partial charge is 0.442 e. The molecule has 1 aromatic carbocycles. The molecule has 0 saturated carbocycles. The number of amides is 1. The lowest BCUT2D eigenvalue weighted by Crippen LogP contribution is -2.31. The molecule has 2 N–H and O–H groups in total. The van der Waals surface area contributed by atoms with Crippen molar-refractivity contribution in [3.8, 4) is 5.69 Å². The van der Waals surface area contributed by atoms with Gasteiger partial charge in [-0.3, -0.25) is 9.88 Å². The number of fused-ring (bicyclic) bond motifs is 1. The first-order valence-corrected chi connectivity index (χ1v) is 8.87. The number of hydrazone groups is 1. The first kappa shape index (κ1) is 19.1. The Morgan fingerprint density at radius 1 is 1.40 bits per heavy atom. The van der Waals surface area contributed by atoms with E-state index in [1.165, 1.54) is 11.0 Å². The summed E-state index contributed by atoms with van der Waals surface area (Å²) in [7, 11) is 0. The standard InChI is InChI=1S/C18H16FN7O4/c19-15-6-13(3-4-17(15)24-8-12-2-1-5-21-16(12)10-24)25-9-14(30-18(25)27)7-20-11-22-23-26(28)29/h1-6,8,10-11,14,23H,7,9H2,(H,20,22)/t14-/m0/s1. The molecule has 0 unspecified atom stereocenters. The van der Waals surface area contributed by atoms with Crippen molar-refractivity contribution in [3.05, 3.63) is 64.9 Å². The minimum absolute atomic E-state index is 0.189. The lowest BCUT2D eigenvalue weighted by atomic mass is 10.2. The zero-order valence-electron chi connectivity index (χ0n) is 15.4. The molecule has 1 amide bonds. The van der Waals surface area contributed by atoms with Crippen LogP contribution in [-0.2, 0) is 4.74 Å². The molecule has 4 rings (SSSR count). The summed E-state index contributed by atoms with van der Waals surface area (Å²) in [5, 5.41) is 16.1. The van der Waals surface area contributed by atoms with Crippen LogP contribution in [0.5, 0.6) is 0 Å². The number of rotatable bonds is 7. The maximum absolute atomic E-state index is 14.8. The zero-order chi connectivity index (χ0) is 21.1. The first-order valence-electron chi connectivity index (χ1n) is 8.87. The van der Waals surface area contributed by atoms with Crippen LogP contribution in [0.1, 0.15) is 0 Å². The molecule has 1 fully saturated rings. The number of carbonyl (C=O) groups is 1. The van der Waals surface area contributed by atoms with Crippen LogP contribution in [0.25, 0.3) is 16.6 Å². The van der Waals surface area contributed by atoms with E-state index >= 15 is 0 Å². The SMILES string of the molecule is O=C1O[C@@H](CN/C=N\N[N+](=O)[O-])CN1c1ccc(-n2cc3cccnc3c2)c(F)c1. The normalized spacial score (nSPS) is 16.2. The molecule has 1 aliphatic heterocycles. The highest BCUT2D eigenvalue weighted by atomic mass is 19.1. The molecule has 154 valence electrons. The summed E-state index contributed by atoms with van der Waals surface area (Å²) >= 11 is 0. The number of pyridine rings is 1. The minimum atomic E-state index is -0.819. The zero-order valence-corrected chi connectivity index (χ0v) is 15.4. The van der Waals surface area contributed by atoms with Crippen molar-refractivity contribution in [2.24, 2.45) is 5.10 Å². The number of anilines is 1. The second-order valence-electron chi connectivity index (χ2n) is 6.42. The lowest BCUT2D eigenvalue weighted by Gasteiger charge is -2.14. The van der Waals surface area contributed by atoms with Crippen molar-refractivity contribution in [1.82, 2.24) is 20.4 Å². The van der Waals surface area contributed by atoms with Gasteiger partial charge >= 0.3 is 6.09 Å². The summed E-state index contributed by atoms with van der Waals surface area (Å²) < 4.78 is 21.6. The van der Waals surface area contributed by atoms with E-state index in [0.717, 1.165) is 17.2 Å². The van der Waals surface area contributed by atoms with Gasteiger partial charge < -0.3 is 24.7 Å². The third-order valence-corrected chi connectivity index (χ3v) is 4.45. The van der Waals surface area contributed by atoms with E-state index in [1.54, 1.807) is 46.9 Å². The molecule has 1 aliphatic rings. The number of halogens is 1. The number of nitrogens with zero attached hydrogens (tertiary/aromatic N) is 5. The fourth-order valence-electron chi connectivity index (χ4n) is 3.12. The highest BCUT2D eigenvalue weighted by Crippen LogP contribution is 2.26. The van der Waals surface area contributed by atoms with Gasteiger partial charge in [0.1, 0.15) is 11.9 Å². The molecule has 1 atom stereocenters. The van der Waals surface area contributed by atoms with Crippen LogP contribution in [0.4, 0.5) is 14.9 Å². The quantitative estimate of drug-likeness (QED) is 0.262. The fraction of sp³-hybridized carbons (Fsp3) is 0.167. The Bertz CT molecular complexity index is 1100. The van der Waals surface area contributed by atoms with Gasteiger partial charge in [0.15, 0.2) is 0 Å². The number of hydrogen-bond donors (Lipinski definition) is 2. The average molecular weight is 413 g/mol. The van der Waals surface area contributed by atoms with Crippen LogP contribution in [0.3, 0.4) is 0 Å². The Labute approximate surface area is 168 Å². The van der Waals surface area contributed by atoms with Crippen LogP contribution in [0.2, 0.25) is 0 Å². The number of aromatic nitrogens is 2. The summed E-state index contributed by atoms with van der Waals surface area (Å²) in [6, 6.07) is 8.18. The van der Waals surface area contributed by atoms with Gasteiger partial charge in [0, 0.05) is 24.0 Å². The lowest BCUT2D eigenvalue weighted by molar-refractivity contribution is -0.544. The topological polar surface area (TPSA) is 127 Å². The molecule has 3 heterocycles. The molecular weight excluding hydrogens is 397 g/mol. The van der Waals surface area contributed by atoms with Crippen molar-refractivity contribution in [1.29, 1.82) is 0 Å². The van der Waals surface area contributed by atoms with Gasteiger partial charge in [-0.15, -0.1) is 0 Å². The molecule has 3 aromatic rings. The Morgan fingerprint density at radius 2 is 2.27 bits per heavy atom. The van der Waals surface area contributed by atoms with Crippen LogP contribution >= 0.6 is 0 Å². The summed E-state index contributed by atoms with van der Waals surface area (Å²) in [6.45, 7) is 0.382. The van der Waals surface area contributed by atoms with E-state index in [-0.39, 0.29) is 13.1 Å². The maximum Gasteiger partial charge on any atom is 0.414 e. The van der Waals surface area contributed by atoms with Crippen molar-refractivity contribution < 1.29 is 19.0 Å². The predicted octanol–water partition coefficient (Wildman–Crippen LogP) is 1.80. The summed E-state index contributed by atoms with van der Waals surface area (Å²) in [5.74, 6) is -0.500. The number of ether oxygens (including phenoxy) is 1. The van der Waals surface area contributed by atoms with E-state index in [4.69, 9.17) is 4.74 Å². The van der Waals surface area contributed by atoms with E-state index in [2.05, 4.69) is 15.4 Å². The predicted molar refractivity (Wildman–Crippen MR) is 105 cm³/mol. The highest BCUT2D eigenvalue weighted by Gasteiger charge is 2.32. The number of hydrazine groups is 1. The summed E-state index contributed by atoms with van der Waals surface area (Å²) in [6.07, 6.45) is 5.13. The molecule has 0 spiro atoms. The molecule has 0 radical (unpaired) electrons. The van der Waals surface area contributed by atoms with Gasteiger partial charge in [-0.05, 0) is 35.9 Å². The molecule has 1 saturated heterocycles. The fourth-order valence-corrected chi connectivity index (χ4v) is 3.12. The van der Waals surface area contributed by atoms with Gasteiger partial charge in [-0.2, -0.15) is 0 Å². The first-order chi connectivity index (χ1) is 14.5. The van der Waals surface area contributed by atoms with Crippen molar-refractivity contribution in [2.45, 2.75) is 6.10 Å². The number of benzene rings is 1. The average Bonchev–Trinajstić information content (AvgIpc) is 3.30. The van der Waals surface area contributed by atoms with Gasteiger partial charge in [-0.1, -0.05) is 0 Å². The van der Waals surface area contributed by atoms with Crippen LogP contribution < -0.4 is 15.8 Å². The maximum atomic E-state index is 14.8. The van der Waals surface area contributed by atoms with Gasteiger partial charge in [0.2, 0.25) is 6.34 Å². The molecule has 0 aliphatic carbocycles. The number of nitrogens with one attached hydrogen (secondary N) is 2. The molecule has 2 aromatic heterocycles.